The van der Waals surface area contributed by atoms with Gasteiger partial charge in [0.15, 0.2) is 0 Å². The number of pyridine rings is 1. The fourth-order valence-corrected chi connectivity index (χ4v) is 2.10. The zero-order chi connectivity index (χ0) is 15.9. The zero-order valence-electron chi connectivity index (χ0n) is 13.9. The number of aryl methyl sites for hydroxylation is 1. The SMILES string of the molecule is CCC(C)Nc1cc(C)nc(N(C)CCc2ccncc2)n1. The molecular weight excluding hydrogens is 274 g/mol. The van der Waals surface area contributed by atoms with Crippen LogP contribution in [0.15, 0.2) is 30.6 Å². The molecule has 0 aromatic carbocycles. The van der Waals surface area contributed by atoms with Gasteiger partial charge in [-0.1, -0.05) is 6.92 Å². The summed E-state index contributed by atoms with van der Waals surface area (Å²) in [5.74, 6) is 1.66. The second-order valence-electron chi connectivity index (χ2n) is 5.68. The fourth-order valence-electron chi connectivity index (χ4n) is 2.10. The molecule has 0 radical (unpaired) electrons. The van der Waals surface area contributed by atoms with Crippen LogP contribution in [0, 0.1) is 6.92 Å². The van der Waals surface area contributed by atoms with Gasteiger partial charge in [0.1, 0.15) is 5.82 Å². The summed E-state index contributed by atoms with van der Waals surface area (Å²) >= 11 is 0. The molecule has 1 unspecified atom stereocenters. The first-order valence-corrected chi connectivity index (χ1v) is 7.80. The highest BCUT2D eigenvalue weighted by atomic mass is 15.2. The molecule has 5 nitrogen and oxygen atoms in total. The smallest absolute Gasteiger partial charge is 0.227 e. The minimum atomic E-state index is 0.407. The normalized spacial score (nSPS) is 12.0. The summed E-state index contributed by atoms with van der Waals surface area (Å²) in [4.78, 5) is 15.3. The molecule has 1 N–H and O–H groups in total. The maximum Gasteiger partial charge on any atom is 0.227 e. The van der Waals surface area contributed by atoms with E-state index < -0.39 is 0 Å². The van der Waals surface area contributed by atoms with Gasteiger partial charge < -0.3 is 10.2 Å². The van der Waals surface area contributed by atoms with E-state index in [1.807, 2.05) is 44.6 Å². The topological polar surface area (TPSA) is 53.9 Å². The van der Waals surface area contributed by atoms with Crippen molar-refractivity contribution < 1.29 is 0 Å². The number of rotatable bonds is 7. The predicted molar refractivity (Wildman–Crippen MR) is 91.4 cm³/mol. The third-order valence-corrected chi connectivity index (χ3v) is 3.68. The molecule has 2 rings (SSSR count). The maximum absolute atomic E-state index is 4.63. The van der Waals surface area contributed by atoms with Crippen LogP contribution in [0.1, 0.15) is 31.5 Å². The lowest BCUT2D eigenvalue weighted by atomic mass is 10.2. The van der Waals surface area contributed by atoms with Crippen LogP contribution in [-0.2, 0) is 6.42 Å². The second-order valence-corrected chi connectivity index (χ2v) is 5.68. The first-order valence-electron chi connectivity index (χ1n) is 7.80. The van der Waals surface area contributed by atoms with Crippen molar-refractivity contribution in [3.63, 3.8) is 0 Å². The Morgan fingerprint density at radius 2 is 1.95 bits per heavy atom. The quantitative estimate of drug-likeness (QED) is 0.851. The van der Waals surface area contributed by atoms with Gasteiger partial charge in [-0.15, -0.1) is 0 Å². The van der Waals surface area contributed by atoms with Crippen molar-refractivity contribution in [1.29, 1.82) is 0 Å². The van der Waals surface area contributed by atoms with Crippen LogP contribution in [0.5, 0.6) is 0 Å². The standard InChI is InChI=1S/C17H25N5/c1-5-13(2)19-16-12-14(3)20-17(21-16)22(4)11-8-15-6-9-18-10-7-15/h6-7,9-10,12-13H,5,8,11H2,1-4H3,(H,19,20,21). The number of hydrogen-bond acceptors (Lipinski definition) is 5. The van der Waals surface area contributed by atoms with Crippen molar-refractivity contribution in [3.05, 3.63) is 41.9 Å². The lowest BCUT2D eigenvalue weighted by Gasteiger charge is -2.19. The Labute approximate surface area is 132 Å². The molecule has 22 heavy (non-hydrogen) atoms. The van der Waals surface area contributed by atoms with Crippen molar-refractivity contribution in [2.45, 2.75) is 39.7 Å². The van der Waals surface area contributed by atoms with Gasteiger partial charge in [0.2, 0.25) is 5.95 Å². The van der Waals surface area contributed by atoms with E-state index in [2.05, 4.69) is 39.0 Å². The van der Waals surface area contributed by atoms with Crippen LogP contribution < -0.4 is 10.2 Å². The number of nitrogens with zero attached hydrogens (tertiary/aromatic N) is 4. The van der Waals surface area contributed by atoms with Crippen LogP contribution in [0.25, 0.3) is 0 Å². The molecule has 2 aromatic heterocycles. The van der Waals surface area contributed by atoms with Crippen molar-refractivity contribution in [3.8, 4) is 0 Å². The van der Waals surface area contributed by atoms with Crippen molar-refractivity contribution in [1.82, 2.24) is 15.0 Å². The van der Waals surface area contributed by atoms with Gasteiger partial charge in [-0.05, 0) is 44.4 Å². The van der Waals surface area contributed by atoms with Gasteiger partial charge in [0, 0.05) is 43.8 Å². The maximum atomic E-state index is 4.63. The minimum absolute atomic E-state index is 0.407. The van der Waals surface area contributed by atoms with Gasteiger partial charge >= 0.3 is 0 Å². The van der Waals surface area contributed by atoms with Gasteiger partial charge in [-0.2, -0.15) is 4.98 Å². The molecular formula is C17H25N5. The van der Waals surface area contributed by atoms with E-state index in [0.29, 0.717) is 6.04 Å². The molecule has 0 saturated carbocycles. The van der Waals surface area contributed by atoms with Crippen LogP contribution in [0.3, 0.4) is 0 Å². The molecule has 0 saturated heterocycles. The van der Waals surface area contributed by atoms with Gasteiger partial charge in [-0.3, -0.25) is 4.98 Å². The molecule has 0 amide bonds. The summed E-state index contributed by atoms with van der Waals surface area (Å²) in [6.07, 6.45) is 5.67. The number of aromatic nitrogens is 3. The number of hydrogen-bond donors (Lipinski definition) is 1. The Hall–Kier alpha value is -2.17. The summed E-state index contributed by atoms with van der Waals surface area (Å²) in [5, 5.41) is 3.42. The third kappa shape index (κ3) is 4.69. The summed E-state index contributed by atoms with van der Waals surface area (Å²) < 4.78 is 0. The molecule has 5 heteroatoms. The number of likely N-dealkylation sites (N-methyl/N-ethyl adjacent to an activating group) is 1. The van der Waals surface area contributed by atoms with Crippen LogP contribution in [0.4, 0.5) is 11.8 Å². The fraction of sp³-hybridized carbons (Fsp3) is 0.471. The molecule has 2 heterocycles. The average molecular weight is 299 g/mol. The molecule has 0 aliphatic heterocycles. The molecule has 1 atom stereocenters. The third-order valence-electron chi connectivity index (χ3n) is 3.68. The van der Waals surface area contributed by atoms with E-state index in [4.69, 9.17) is 0 Å². The van der Waals surface area contributed by atoms with Crippen LogP contribution in [-0.4, -0.2) is 34.6 Å². The Bertz CT molecular complexity index is 585. The Kier molecular flexibility index (Phi) is 5.69. The van der Waals surface area contributed by atoms with Crippen molar-refractivity contribution >= 4 is 11.8 Å². The molecule has 2 aromatic rings. The molecule has 118 valence electrons. The highest BCUT2D eigenvalue weighted by Gasteiger charge is 2.09. The van der Waals surface area contributed by atoms with Gasteiger partial charge in [0.25, 0.3) is 0 Å². The molecule has 0 fully saturated rings. The second kappa shape index (κ2) is 7.73. The minimum Gasteiger partial charge on any atom is -0.367 e. The summed E-state index contributed by atoms with van der Waals surface area (Å²) in [6.45, 7) is 7.19. The predicted octanol–water partition coefficient (Wildman–Crippen LogP) is 3.07. The highest BCUT2D eigenvalue weighted by Crippen LogP contribution is 2.14. The van der Waals surface area contributed by atoms with E-state index in [0.717, 1.165) is 36.8 Å². The Morgan fingerprint density at radius 3 is 2.64 bits per heavy atom. The molecule has 0 aliphatic carbocycles. The summed E-state index contributed by atoms with van der Waals surface area (Å²) in [5.41, 5.74) is 2.25. The first kappa shape index (κ1) is 16.2. The van der Waals surface area contributed by atoms with E-state index in [1.165, 1.54) is 5.56 Å². The van der Waals surface area contributed by atoms with Crippen LogP contribution >= 0.6 is 0 Å². The van der Waals surface area contributed by atoms with E-state index in [1.54, 1.807) is 0 Å². The van der Waals surface area contributed by atoms with Crippen molar-refractivity contribution in [2.24, 2.45) is 0 Å². The first-order chi connectivity index (χ1) is 10.6. The van der Waals surface area contributed by atoms with Crippen molar-refractivity contribution in [2.75, 3.05) is 23.8 Å². The van der Waals surface area contributed by atoms with E-state index >= 15 is 0 Å². The van der Waals surface area contributed by atoms with E-state index in [9.17, 15) is 0 Å². The monoisotopic (exact) mass is 299 g/mol. The summed E-state index contributed by atoms with van der Waals surface area (Å²) in [7, 11) is 2.03. The largest absolute Gasteiger partial charge is 0.367 e. The highest BCUT2D eigenvalue weighted by molar-refractivity contribution is 5.43. The zero-order valence-corrected chi connectivity index (χ0v) is 13.9. The van der Waals surface area contributed by atoms with Crippen LogP contribution in [0.2, 0.25) is 0 Å². The van der Waals surface area contributed by atoms with E-state index in [-0.39, 0.29) is 0 Å². The average Bonchev–Trinajstić information content (AvgIpc) is 2.52. The lowest BCUT2D eigenvalue weighted by molar-refractivity contribution is 0.755. The number of anilines is 2. The lowest BCUT2D eigenvalue weighted by Crippen LogP contribution is -2.24. The Balaban J connectivity index is 2.03. The van der Waals surface area contributed by atoms with Gasteiger partial charge in [0.05, 0.1) is 0 Å². The van der Waals surface area contributed by atoms with Gasteiger partial charge in [-0.25, -0.2) is 4.98 Å². The molecule has 0 bridgehead atoms. The Morgan fingerprint density at radius 1 is 1.23 bits per heavy atom. The molecule has 0 aliphatic rings. The molecule has 0 spiro atoms. The summed E-state index contributed by atoms with van der Waals surface area (Å²) in [6, 6.07) is 6.48. The number of nitrogens with one attached hydrogen (secondary N) is 1.